The molecule has 0 unspecified atom stereocenters. The second-order valence-corrected chi connectivity index (χ2v) is 7.20. The van der Waals surface area contributed by atoms with Crippen molar-refractivity contribution >= 4 is 27.3 Å². The van der Waals surface area contributed by atoms with Gasteiger partial charge in [0.15, 0.2) is 5.78 Å². The highest BCUT2D eigenvalue weighted by Crippen LogP contribution is 2.30. The number of rotatable bonds is 5. The maximum Gasteiger partial charge on any atom is 0.263 e. The van der Waals surface area contributed by atoms with Gasteiger partial charge in [-0.2, -0.15) is 0 Å². The molecule has 0 saturated carbocycles. The summed E-state index contributed by atoms with van der Waals surface area (Å²) in [7, 11) is 0. The van der Waals surface area contributed by atoms with Gasteiger partial charge in [-0.25, -0.2) is 4.98 Å². The van der Waals surface area contributed by atoms with Crippen LogP contribution in [0.25, 0.3) is 21.3 Å². The lowest BCUT2D eigenvalue weighted by Gasteiger charge is -2.06. The minimum absolute atomic E-state index is 0.0165. The maximum absolute atomic E-state index is 13.0. The molecule has 2 aromatic heterocycles. The zero-order valence-corrected chi connectivity index (χ0v) is 15.7. The molecule has 0 N–H and O–H groups in total. The molecule has 0 amide bonds. The first-order chi connectivity index (χ1) is 13.2. The van der Waals surface area contributed by atoms with Crippen molar-refractivity contribution in [2.45, 2.75) is 19.9 Å². The van der Waals surface area contributed by atoms with Crippen LogP contribution in [-0.2, 0) is 13.0 Å². The van der Waals surface area contributed by atoms with E-state index in [0.29, 0.717) is 15.8 Å². The number of thiophene rings is 1. The molecule has 27 heavy (non-hydrogen) atoms. The number of hydrogen-bond donors (Lipinski definition) is 0. The minimum Gasteiger partial charge on any atom is -0.292 e. The summed E-state index contributed by atoms with van der Waals surface area (Å²) in [6.45, 7) is 2.06. The fraction of sp³-hybridized carbons (Fsp3) is 0.136. The van der Waals surface area contributed by atoms with Crippen LogP contribution in [0.1, 0.15) is 22.8 Å². The van der Waals surface area contributed by atoms with E-state index in [-0.39, 0.29) is 17.9 Å². The number of fused-ring (bicyclic) bond motifs is 1. The third-order valence-corrected chi connectivity index (χ3v) is 5.53. The molecule has 0 spiro atoms. The topological polar surface area (TPSA) is 52.0 Å². The van der Waals surface area contributed by atoms with Crippen molar-refractivity contribution in [2.24, 2.45) is 0 Å². The second kappa shape index (κ2) is 7.29. The van der Waals surface area contributed by atoms with Gasteiger partial charge in [-0.3, -0.25) is 14.2 Å². The number of aryl methyl sites for hydroxylation is 1. The number of benzene rings is 2. The van der Waals surface area contributed by atoms with E-state index in [9.17, 15) is 9.59 Å². The van der Waals surface area contributed by atoms with Crippen LogP contribution in [0.5, 0.6) is 0 Å². The van der Waals surface area contributed by atoms with Crippen molar-refractivity contribution < 1.29 is 4.79 Å². The van der Waals surface area contributed by atoms with Gasteiger partial charge in [0.05, 0.1) is 18.3 Å². The van der Waals surface area contributed by atoms with Gasteiger partial charge in [-0.1, -0.05) is 61.5 Å². The monoisotopic (exact) mass is 374 g/mol. The summed E-state index contributed by atoms with van der Waals surface area (Å²) in [5, 5.41) is 2.52. The highest BCUT2D eigenvalue weighted by Gasteiger charge is 2.15. The van der Waals surface area contributed by atoms with Gasteiger partial charge in [0.1, 0.15) is 4.83 Å². The van der Waals surface area contributed by atoms with E-state index in [0.717, 1.165) is 17.5 Å². The van der Waals surface area contributed by atoms with E-state index >= 15 is 0 Å². The quantitative estimate of drug-likeness (QED) is 0.481. The molecule has 0 aliphatic rings. The predicted molar refractivity (Wildman–Crippen MR) is 109 cm³/mol. The van der Waals surface area contributed by atoms with Gasteiger partial charge in [0.25, 0.3) is 5.56 Å². The Labute approximate surface area is 160 Å². The van der Waals surface area contributed by atoms with Crippen molar-refractivity contribution in [3.8, 4) is 11.1 Å². The molecule has 2 heterocycles. The first kappa shape index (κ1) is 17.4. The summed E-state index contributed by atoms with van der Waals surface area (Å²) < 4.78 is 1.40. The lowest BCUT2D eigenvalue weighted by Crippen LogP contribution is -2.24. The van der Waals surface area contributed by atoms with Crippen LogP contribution in [0, 0.1) is 0 Å². The molecule has 4 aromatic rings. The molecule has 0 bridgehead atoms. The fourth-order valence-corrected chi connectivity index (χ4v) is 3.99. The minimum atomic E-state index is -0.182. The Morgan fingerprint density at radius 3 is 2.52 bits per heavy atom. The van der Waals surface area contributed by atoms with Crippen LogP contribution >= 0.6 is 11.3 Å². The fourth-order valence-electron chi connectivity index (χ4n) is 3.08. The molecule has 0 atom stereocenters. The number of aromatic nitrogens is 2. The number of ketones is 1. The Balaban J connectivity index is 1.71. The Bertz CT molecular complexity index is 1160. The highest BCUT2D eigenvalue weighted by atomic mass is 32.1. The highest BCUT2D eigenvalue weighted by molar-refractivity contribution is 7.17. The predicted octanol–water partition coefficient (Wildman–Crippen LogP) is 4.57. The summed E-state index contributed by atoms with van der Waals surface area (Å²) >= 11 is 1.44. The van der Waals surface area contributed by atoms with Crippen LogP contribution in [-0.4, -0.2) is 15.3 Å². The standard InChI is InChI=1S/C22H18N2O2S/c1-2-15-8-10-17(11-9-15)19(25)12-24-14-23-21-20(22(24)26)18(13-27-21)16-6-4-3-5-7-16/h3-11,13-14H,2,12H2,1H3. The first-order valence-corrected chi connectivity index (χ1v) is 9.69. The van der Waals surface area contributed by atoms with Gasteiger partial charge in [-0.05, 0) is 17.5 Å². The molecule has 134 valence electrons. The van der Waals surface area contributed by atoms with Gasteiger partial charge >= 0.3 is 0 Å². The second-order valence-electron chi connectivity index (χ2n) is 6.35. The van der Waals surface area contributed by atoms with Crippen LogP contribution in [0.2, 0.25) is 0 Å². The van der Waals surface area contributed by atoms with Crippen molar-refractivity contribution in [1.82, 2.24) is 9.55 Å². The van der Waals surface area contributed by atoms with Gasteiger partial charge in [0.2, 0.25) is 0 Å². The van der Waals surface area contributed by atoms with Crippen molar-refractivity contribution in [3.05, 3.63) is 87.8 Å². The molecule has 4 nitrogen and oxygen atoms in total. The summed E-state index contributed by atoms with van der Waals surface area (Å²) in [4.78, 5) is 30.7. The first-order valence-electron chi connectivity index (χ1n) is 8.81. The van der Waals surface area contributed by atoms with Crippen molar-refractivity contribution in [1.29, 1.82) is 0 Å². The van der Waals surface area contributed by atoms with Crippen LogP contribution in [0.3, 0.4) is 0 Å². The summed E-state index contributed by atoms with van der Waals surface area (Å²) in [6.07, 6.45) is 2.39. The summed E-state index contributed by atoms with van der Waals surface area (Å²) in [5.74, 6) is -0.0996. The van der Waals surface area contributed by atoms with Crippen molar-refractivity contribution in [3.63, 3.8) is 0 Å². The van der Waals surface area contributed by atoms with Gasteiger partial charge in [0, 0.05) is 16.5 Å². The molecule has 0 aliphatic carbocycles. The average molecular weight is 374 g/mol. The van der Waals surface area contributed by atoms with E-state index in [4.69, 9.17) is 0 Å². The molecule has 0 fully saturated rings. The zero-order chi connectivity index (χ0) is 18.8. The van der Waals surface area contributed by atoms with Crippen LogP contribution < -0.4 is 5.56 Å². The molecule has 0 radical (unpaired) electrons. The SMILES string of the molecule is CCc1ccc(C(=O)Cn2cnc3scc(-c4ccccc4)c3c2=O)cc1. The Morgan fingerprint density at radius 1 is 1.07 bits per heavy atom. The number of nitrogens with zero attached hydrogens (tertiary/aromatic N) is 2. The lowest BCUT2D eigenvalue weighted by molar-refractivity contribution is 0.0970. The average Bonchev–Trinajstić information content (AvgIpc) is 3.16. The van der Waals surface area contributed by atoms with E-state index in [1.807, 2.05) is 60.0 Å². The number of hydrogen-bond acceptors (Lipinski definition) is 4. The summed E-state index contributed by atoms with van der Waals surface area (Å²) in [5.41, 5.74) is 3.44. The zero-order valence-electron chi connectivity index (χ0n) is 14.9. The third-order valence-electron chi connectivity index (χ3n) is 4.64. The van der Waals surface area contributed by atoms with Crippen molar-refractivity contribution in [2.75, 3.05) is 0 Å². The Kier molecular flexibility index (Phi) is 4.69. The van der Waals surface area contributed by atoms with E-state index in [2.05, 4.69) is 11.9 Å². The molecule has 4 rings (SSSR count). The van der Waals surface area contributed by atoms with Crippen LogP contribution in [0.15, 0.2) is 71.1 Å². The van der Waals surface area contributed by atoms with E-state index < -0.39 is 0 Å². The smallest absolute Gasteiger partial charge is 0.263 e. The van der Waals surface area contributed by atoms with Gasteiger partial charge in [-0.15, -0.1) is 11.3 Å². The third kappa shape index (κ3) is 3.34. The molecule has 5 heteroatoms. The van der Waals surface area contributed by atoms with E-state index in [1.165, 1.54) is 27.8 Å². The largest absolute Gasteiger partial charge is 0.292 e. The Morgan fingerprint density at radius 2 is 1.81 bits per heavy atom. The molecule has 0 saturated heterocycles. The number of carbonyl (C=O) groups is 1. The normalized spacial score (nSPS) is 11.0. The van der Waals surface area contributed by atoms with Gasteiger partial charge < -0.3 is 0 Å². The summed E-state index contributed by atoms with van der Waals surface area (Å²) in [6, 6.07) is 17.3. The molecular formula is C22H18N2O2S. The lowest BCUT2D eigenvalue weighted by atomic mass is 10.1. The Hall–Kier alpha value is -3.05. The molecule has 2 aromatic carbocycles. The maximum atomic E-state index is 13.0. The van der Waals surface area contributed by atoms with E-state index in [1.54, 1.807) is 0 Å². The van der Waals surface area contributed by atoms with Crippen LogP contribution in [0.4, 0.5) is 0 Å². The number of carbonyl (C=O) groups excluding carboxylic acids is 1. The molecular weight excluding hydrogens is 356 g/mol. The number of Topliss-reactive ketones (excluding diaryl/α,β-unsaturated/α-hetero) is 1. The molecule has 0 aliphatic heterocycles.